The van der Waals surface area contributed by atoms with E-state index in [2.05, 4.69) is 40.3 Å². The van der Waals surface area contributed by atoms with Crippen molar-refractivity contribution in [1.29, 1.82) is 0 Å². The van der Waals surface area contributed by atoms with Crippen LogP contribution in [0.25, 0.3) is 44.5 Å². The summed E-state index contributed by atoms with van der Waals surface area (Å²) in [4.78, 5) is 81.6. The van der Waals surface area contributed by atoms with E-state index in [1.807, 2.05) is 30.4 Å². The zero-order valence-corrected chi connectivity index (χ0v) is 27.6. The highest BCUT2D eigenvalue weighted by Gasteiger charge is 2.46. The molecule has 0 saturated heterocycles. The van der Waals surface area contributed by atoms with E-state index >= 15 is 0 Å². The van der Waals surface area contributed by atoms with Gasteiger partial charge in [0.2, 0.25) is 0 Å². The van der Waals surface area contributed by atoms with Crippen molar-refractivity contribution in [3.8, 4) is 0 Å². The molecule has 0 aromatic carbocycles. The van der Waals surface area contributed by atoms with Gasteiger partial charge >= 0.3 is 0 Å². The molecule has 0 spiro atoms. The van der Waals surface area contributed by atoms with Gasteiger partial charge in [0.1, 0.15) is 28.8 Å². The Morgan fingerprint density at radius 3 is 1.58 bits per heavy atom. The number of aromatic nitrogens is 6. The third kappa shape index (κ3) is 3.28. The summed E-state index contributed by atoms with van der Waals surface area (Å²) in [6.07, 6.45) is 18.1. The zero-order valence-electron chi connectivity index (χ0n) is 27.6. The first-order chi connectivity index (χ1) is 25.4. The number of Topliss-reactive ketones (excluding diaryl/α,β-unsaturated/α-hetero) is 4. The summed E-state index contributed by atoms with van der Waals surface area (Å²) in [6.45, 7) is 0. The van der Waals surface area contributed by atoms with E-state index in [9.17, 15) is 19.2 Å². The number of nitrogens with one attached hydrogen (secondary N) is 2. The molecule has 10 heteroatoms. The molecule has 250 valence electrons. The SMILES string of the molecule is O=C1CC2C=CC1C1=C2c2nc1cc1[nH]c(cc3[nH]c(nc4nc(n2)C2=C4C4C=CC2C(=O)C4)c2c3C3C=CC2C(=O)C3)c2c1C1C=CC2C(=O)C1. The maximum absolute atomic E-state index is 13.4. The van der Waals surface area contributed by atoms with Gasteiger partial charge in [-0.1, -0.05) is 48.6 Å². The van der Waals surface area contributed by atoms with E-state index in [1.54, 1.807) is 0 Å². The first kappa shape index (κ1) is 27.8. The van der Waals surface area contributed by atoms with Gasteiger partial charge in [0, 0.05) is 88.2 Å². The van der Waals surface area contributed by atoms with Crippen LogP contribution >= 0.6 is 0 Å². The first-order valence-corrected chi connectivity index (χ1v) is 18.3. The molecule has 0 radical (unpaired) electrons. The van der Waals surface area contributed by atoms with Crippen molar-refractivity contribution in [2.24, 2.45) is 23.7 Å². The summed E-state index contributed by atoms with van der Waals surface area (Å²) in [5.41, 5.74) is 11.3. The lowest BCUT2D eigenvalue weighted by atomic mass is 9.70. The Labute approximate surface area is 295 Å². The molecule has 14 aliphatic rings. The molecule has 0 saturated carbocycles. The Morgan fingerprint density at radius 2 is 0.904 bits per heavy atom. The highest BCUT2D eigenvalue weighted by atomic mass is 16.1. The molecule has 0 amide bonds. The number of aromatic amines is 2. The Hall–Kier alpha value is -5.90. The molecule has 52 heavy (non-hydrogen) atoms. The van der Waals surface area contributed by atoms with Gasteiger partial charge in [0.15, 0.2) is 17.5 Å². The van der Waals surface area contributed by atoms with Crippen LogP contribution in [-0.4, -0.2) is 53.0 Å². The number of H-pyrrole nitrogens is 2. The molecule has 3 aromatic rings. The standard InChI is InChI=1S/C42H28N6O4/c49-27-9-15-1-5-19(27)35-25-14-24-32-16-2-7-21(29(51)10-16)37(32)41(44-24)47-40-34-18-4-8-22(30(52)12-18)38(34)42(48-40)46-39-33-17-3-6-20(28(50)11-17)36(33)26(45-39)13-23(43-25)31(15)35/h1-8,13-22,43H,9-12H2,(H,44,45,46,47,48). The number of carbonyl (C=O) groups is 4. The Bertz CT molecular complexity index is 2790. The molecule has 12 aliphatic carbocycles. The van der Waals surface area contributed by atoms with Crippen LogP contribution in [0.4, 0.5) is 0 Å². The van der Waals surface area contributed by atoms with Gasteiger partial charge in [-0.05, 0) is 34.4 Å². The fourth-order valence-electron chi connectivity index (χ4n) is 11.0. The van der Waals surface area contributed by atoms with Crippen LogP contribution in [0.2, 0.25) is 0 Å². The second-order valence-electron chi connectivity index (χ2n) is 15.8. The lowest BCUT2D eigenvalue weighted by Gasteiger charge is -2.31. The summed E-state index contributed by atoms with van der Waals surface area (Å²) in [5.74, 6) is -0.0561. The topological polar surface area (TPSA) is 151 Å². The molecular weight excluding hydrogens is 653 g/mol. The molecule has 16 bridgehead atoms. The minimum Gasteiger partial charge on any atom is -0.355 e. The van der Waals surface area contributed by atoms with Crippen LogP contribution in [0.15, 0.2) is 60.7 Å². The first-order valence-electron chi connectivity index (χ1n) is 18.3. The molecule has 2 aliphatic heterocycles. The summed E-state index contributed by atoms with van der Waals surface area (Å²) < 4.78 is 0. The van der Waals surface area contributed by atoms with Crippen molar-refractivity contribution in [2.45, 2.75) is 49.4 Å². The van der Waals surface area contributed by atoms with Crippen LogP contribution in [-0.2, 0) is 19.2 Å². The highest BCUT2D eigenvalue weighted by Crippen LogP contribution is 2.54. The average molecular weight is 681 g/mol. The lowest BCUT2D eigenvalue weighted by Crippen LogP contribution is -2.29. The lowest BCUT2D eigenvalue weighted by molar-refractivity contribution is -0.121. The minimum atomic E-state index is -0.469. The fraction of sp³-hybridized carbons (Fsp3) is 0.286. The maximum Gasteiger partial charge on any atom is 0.161 e. The van der Waals surface area contributed by atoms with E-state index in [0.717, 1.165) is 61.1 Å². The summed E-state index contributed by atoms with van der Waals surface area (Å²) in [7, 11) is 0. The smallest absolute Gasteiger partial charge is 0.161 e. The molecule has 8 unspecified atom stereocenters. The normalized spacial score (nSPS) is 32.0. The van der Waals surface area contributed by atoms with Crippen LogP contribution in [0.1, 0.15) is 94.8 Å². The van der Waals surface area contributed by atoms with Crippen LogP contribution in [0.5, 0.6) is 0 Å². The maximum atomic E-state index is 13.4. The van der Waals surface area contributed by atoms with Gasteiger partial charge in [-0.15, -0.1) is 0 Å². The van der Waals surface area contributed by atoms with Crippen molar-refractivity contribution in [3.63, 3.8) is 0 Å². The van der Waals surface area contributed by atoms with Crippen molar-refractivity contribution in [1.82, 2.24) is 29.9 Å². The van der Waals surface area contributed by atoms with Crippen molar-refractivity contribution in [3.05, 3.63) is 106 Å². The fourth-order valence-corrected chi connectivity index (χ4v) is 11.0. The molecule has 0 fully saturated rings. The number of carbonyl (C=O) groups excluding carboxylic acids is 4. The number of hydrogen-bond acceptors (Lipinski definition) is 8. The third-order valence-electron chi connectivity index (χ3n) is 13.2. The van der Waals surface area contributed by atoms with E-state index in [0.29, 0.717) is 54.5 Å². The van der Waals surface area contributed by atoms with E-state index in [-0.39, 0.29) is 52.7 Å². The molecule has 10 nitrogen and oxygen atoms in total. The third-order valence-corrected chi connectivity index (χ3v) is 13.2. The number of rotatable bonds is 0. The van der Waals surface area contributed by atoms with Crippen molar-refractivity contribution < 1.29 is 19.2 Å². The molecule has 17 rings (SSSR count). The summed E-state index contributed by atoms with van der Waals surface area (Å²) >= 11 is 0. The molecule has 3 aromatic heterocycles. The largest absolute Gasteiger partial charge is 0.355 e. The predicted octanol–water partition coefficient (Wildman–Crippen LogP) is 5.90. The number of allylic oxidation sites excluding steroid dienone is 12. The van der Waals surface area contributed by atoms with Gasteiger partial charge < -0.3 is 9.97 Å². The molecular formula is C42H28N6O4. The highest BCUT2D eigenvalue weighted by molar-refractivity contribution is 6.12. The van der Waals surface area contributed by atoms with Gasteiger partial charge in [-0.25, -0.2) is 19.9 Å². The molecule has 8 atom stereocenters. The predicted molar refractivity (Wildman–Crippen MR) is 190 cm³/mol. The van der Waals surface area contributed by atoms with Gasteiger partial charge in [0.25, 0.3) is 0 Å². The van der Waals surface area contributed by atoms with Gasteiger partial charge in [-0.2, -0.15) is 0 Å². The number of ketones is 4. The second-order valence-corrected chi connectivity index (χ2v) is 15.8. The van der Waals surface area contributed by atoms with Crippen molar-refractivity contribution >= 4 is 67.6 Å². The Morgan fingerprint density at radius 1 is 0.423 bits per heavy atom. The number of hydrogen-bond donors (Lipinski definition) is 2. The van der Waals surface area contributed by atoms with E-state index < -0.39 is 17.8 Å². The Balaban J connectivity index is 1.20. The monoisotopic (exact) mass is 680 g/mol. The van der Waals surface area contributed by atoms with Crippen LogP contribution < -0.4 is 0 Å². The average Bonchev–Trinajstić information content (AvgIpc) is 3.90. The quantitative estimate of drug-likeness (QED) is 0.279. The summed E-state index contributed by atoms with van der Waals surface area (Å²) in [5, 5.41) is 0. The minimum absolute atomic E-state index is 0.0778. The van der Waals surface area contributed by atoms with Crippen molar-refractivity contribution in [2.75, 3.05) is 0 Å². The molecule has 5 heterocycles. The van der Waals surface area contributed by atoms with E-state index in [4.69, 9.17) is 19.9 Å². The van der Waals surface area contributed by atoms with Gasteiger partial charge in [-0.3, -0.25) is 19.2 Å². The molecule has 2 N–H and O–H groups in total. The zero-order chi connectivity index (χ0) is 34.3. The van der Waals surface area contributed by atoms with Gasteiger partial charge in [0.05, 0.1) is 29.4 Å². The van der Waals surface area contributed by atoms with E-state index in [1.165, 1.54) is 0 Å². The number of nitrogens with zero attached hydrogens (tertiary/aromatic N) is 4. The second kappa shape index (κ2) is 9.11. The Kier molecular flexibility index (Phi) is 4.87. The van der Waals surface area contributed by atoms with Crippen LogP contribution in [0, 0.1) is 23.7 Å². The number of fused-ring (bicyclic) bond motifs is 12. The summed E-state index contributed by atoms with van der Waals surface area (Å²) in [6, 6.07) is 4.13. The van der Waals surface area contributed by atoms with Crippen LogP contribution in [0.3, 0.4) is 0 Å².